The van der Waals surface area contributed by atoms with Crippen LogP contribution in [0.2, 0.25) is 0 Å². The van der Waals surface area contributed by atoms with Crippen molar-refractivity contribution in [1.29, 1.82) is 0 Å². The monoisotopic (exact) mass is 307 g/mol. The normalized spacial score (nSPS) is 13.0. The minimum absolute atomic E-state index is 0.00593. The van der Waals surface area contributed by atoms with Crippen molar-refractivity contribution in [3.05, 3.63) is 26.7 Å². The lowest BCUT2D eigenvalue weighted by Crippen LogP contribution is -2.39. The molecule has 7 nitrogen and oxygen atoms in total. The van der Waals surface area contributed by atoms with Gasteiger partial charge in [0.2, 0.25) is 0 Å². The standard InChI is InChI=1S/C15H25N5O2/c1-5-10(2)20-13-12(14(21)18(4)15(20)22)19(11(3)17-13)9-7-6-8-16/h10H,5-9,16H2,1-4H3. The number of nitrogens with two attached hydrogens (primary N) is 1. The van der Waals surface area contributed by atoms with Crippen molar-refractivity contribution < 1.29 is 0 Å². The lowest BCUT2D eigenvalue weighted by Gasteiger charge is -2.15. The molecule has 0 fully saturated rings. The first kappa shape index (κ1) is 16.5. The lowest BCUT2D eigenvalue weighted by atomic mass is 10.2. The van der Waals surface area contributed by atoms with Crippen LogP contribution in [0, 0.1) is 6.92 Å². The Labute approximate surface area is 129 Å². The maximum Gasteiger partial charge on any atom is 0.332 e. The number of hydrogen-bond acceptors (Lipinski definition) is 4. The van der Waals surface area contributed by atoms with Gasteiger partial charge in [0.15, 0.2) is 11.2 Å². The van der Waals surface area contributed by atoms with Crippen LogP contribution >= 0.6 is 0 Å². The minimum Gasteiger partial charge on any atom is -0.330 e. The molecule has 0 saturated carbocycles. The zero-order valence-corrected chi connectivity index (χ0v) is 13.8. The molecule has 1 unspecified atom stereocenters. The summed E-state index contributed by atoms with van der Waals surface area (Å²) >= 11 is 0. The van der Waals surface area contributed by atoms with Gasteiger partial charge in [0.1, 0.15) is 5.82 Å². The Hall–Kier alpha value is -1.89. The first-order valence-electron chi connectivity index (χ1n) is 7.82. The van der Waals surface area contributed by atoms with E-state index in [9.17, 15) is 9.59 Å². The SMILES string of the molecule is CCC(C)n1c(=O)n(C)c(=O)c2c1nc(C)n2CCCCN. The molecule has 0 aliphatic carbocycles. The van der Waals surface area contributed by atoms with E-state index in [1.807, 2.05) is 25.3 Å². The van der Waals surface area contributed by atoms with E-state index in [-0.39, 0.29) is 17.3 Å². The van der Waals surface area contributed by atoms with Crippen molar-refractivity contribution >= 4 is 11.2 Å². The predicted octanol–water partition coefficient (Wildman–Crippen LogP) is 0.915. The summed E-state index contributed by atoms with van der Waals surface area (Å²) in [4.78, 5) is 29.5. The maximum atomic E-state index is 12.5. The summed E-state index contributed by atoms with van der Waals surface area (Å²) in [7, 11) is 1.52. The van der Waals surface area contributed by atoms with Gasteiger partial charge in [-0.25, -0.2) is 9.78 Å². The van der Waals surface area contributed by atoms with Crippen molar-refractivity contribution in [2.75, 3.05) is 6.54 Å². The third-order valence-corrected chi connectivity index (χ3v) is 4.24. The summed E-state index contributed by atoms with van der Waals surface area (Å²) in [6, 6.07) is -0.00593. The molecule has 2 N–H and O–H groups in total. The molecule has 2 aromatic heterocycles. The summed E-state index contributed by atoms with van der Waals surface area (Å²) in [6.07, 6.45) is 2.57. The first-order valence-corrected chi connectivity index (χ1v) is 7.82. The summed E-state index contributed by atoms with van der Waals surface area (Å²) < 4.78 is 4.71. The molecule has 0 amide bonds. The highest BCUT2D eigenvalue weighted by Crippen LogP contribution is 2.17. The highest BCUT2D eigenvalue weighted by atomic mass is 16.2. The molecule has 122 valence electrons. The number of unbranched alkanes of at least 4 members (excludes halogenated alkanes) is 1. The number of aromatic nitrogens is 4. The summed E-state index contributed by atoms with van der Waals surface area (Å²) in [5.74, 6) is 0.756. The van der Waals surface area contributed by atoms with Crippen LogP contribution < -0.4 is 17.0 Å². The quantitative estimate of drug-likeness (QED) is 0.804. The van der Waals surface area contributed by atoms with E-state index < -0.39 is 0 Å². The van der Waals surface area contributed by atoms with Gasteiger partial charge in [-0.05, 0) is 39.7 Å². The third-order valence-electron chi connectivity index (χ3n) is 4.24. The fourth-order valence-electron chi connectivity index (χ4n) is 2.69. The number of aryl methyl sites for hydroxylation is 2. The molecule has 22 heavy (non-hydrogen) atoms. The second kappa shape index (κ2) is 6.48. The van der Waals surface area contributed by atoms with Crippen molar-refractivity contribution in [2.24, 2.45) is 12.8 Å². The Bertz CT molecular complexity index is 784. The van der Waals surface area contributed by atoms with E-state index in [2.05, 4.69) is 4.98 Å². The number of nitrogens with zero attached hydrogens (tertiary/aromatic N) is 4. The average Bonchev–Trinajstić information content (AvgIpc) is 2.82. The van der Waals surface area contributed by atoms with Crippen LogP contribution in [0.3, 0.4) is 0 Å². The zero-order chi connectivity index (χ0) is 16.4. The van der Waals surface area contributed by atoms with Gasteiger partial charge in [-0.2, -0.15) is 0 Å². The Morgan fingerprint density at radius 2 is 1.95 bits per heavy atom. The maximum absolute atomic E-state index is 12.5. The predicted molar refractivity (Wildman–Crippen MR) is 87.3 cm³/mol. The molecule has 0 spiro atoms. The second-order valence-electron chi connectivity index (χ2n) is 5.75. The Kier molecular flexibility index (Phi) is 4.85. The molecule has 2 rings (SSSR count). The number of imidazole rings is 1. The van der Waals surface area contributed by atoms with Gasteiger partial charge in [0, 0.05) is 19.6 Å². The second-order valence-corrected chi connectivity index (χ2v) is 5.75. The number of hydrogen-bond donors (Lipinski definition) is 1. The third kappa shape index (κ3) is 2.61. The number of fused-ring (bicyclic) bond motifs is 1. The topological polar surface area (TPSA) is 87.8 Å². The molecule has 2 aromatic rings. The van der Waals surface area contributed by atoms with Crippen molar-refractivity contribution in [3.8, 4) is 0 Å². The van der Waals surface area contributed by atoms with E-state index in [1.165, 1.54) is 11.6 Å². The van der Waals surface area contributed by atoms with E-state index in [0.717, 1.165) is 25.1 Å². The molecule has 2 heterocycles. The lowest BCUT2D eigenvalue weighted by molar-refractivity contribution is 0.499. The van der Waals surface area contributed by atoms with Crippen molar-refractivity contribution in [1.82, 2.24) is 18.7 Å². The van der Waals surface area contributed by atoms with Gasteiger partial charge in [-0.3, -0.25) is 13.9 Å². The van der Waals surface area contributed by atoms with Crippen LogP contribution in [-0.4, -0.2) is 25.2 Å². The molecule has 0 saturated heterocycles. The van der Waals surface area contributed by atoms with E-state index >= 15 is 0 Å². The van der Waals surface area contributed by atoms with Crippen molar-refractivity contribution in [3.63, 3.8) is 0 Å². The molecule has 0 aromatic carbocycles. The van der Waals surface area contributed by atoms with Gasteiger partial charge < -0.3 is 10.3 Å². The molecule has 1 atom stereocenters. The summed E-state index contributed by atoms with van der Waals surface area (Å²) in [6.45, 7) is 7.16. The smallest absolute Gasteiger partial charge is 0.330 e. The van der Waals surface area contributed by atoms with Crippen molar-refractivity contribution in [2.45, 2.75) is 52.6 Å². The van der Waals surface area contributed by atoms with Gasteiger partial charge in [0.05, 0.1) is 0 Å². The number of rotatable bonds is 6. The van der Waals surface area contributed by atoms with E-state index in [1.54, 1.807) is 4.57 Å². The molecule has 7 heteroatoms. The van der Waals surface area contributed by atoms with Crippen LogP contribution in [0.1, 0.15) is 45.0 Å². The minimum atomic E-state index is -0.307. The molecule has 0 radical (unpaired) electrons. The Morgan fingerprint density at radius 1 is 1.27 bits per heavy atom. The van der Waals surface area contributed by atoms with Crippen LogP contribution in [0.15, 0.2) is 9.59 Å². The Morgan fingerprint density at radius 3 is 2.55 bits per heavy atom. The van der Waals surface area contributed by atoms with E-state index in [0.29, 0.717) is 24.3 Å². The molecule has 0 bridgehead atoms. The largest absolute Gasteiger partial charge is 0.332 e. The van der Waals surface area contributed by atoms with Gasteiger partial charge in [-0.15, -0.1) is 0 Å². The highest BCUT2D eigenvalue weighted by Gasteiger charge is 2.20. The summed E-state index contributed by atoms with van der Waals surface area (Å²) in [5, 5.41) is 0. The first-order chi connectivity index (χ1) is 10.4. The van der Waals surface area contributed by atoms with Gasteiger partial charge in [0.25, 0.3) is 5.56 Å². The average molecular weight is 307 g/mol. The zero-order valence-electron chi connectivity index (χ0n) is 13.8. The molecular formula is C15H25N5O2. The summed E-state index contributed by atoms with van der Waals surface area (Å²) in [5.41, 5.74) is 5.95. The van der Waals surface area contributed by atoms with Gasteiger partial charge >= 0.3 is 5.69 Å². The molecular weight excluding hydrogens is 282 g/mol. The van der Waals surface area contributed by atoms with Crippen LogP contribution in [0.4, 0.5) is 0 Å². The van der Waals surface area contributed by atoms with E-state index in [4.69, 9.17) is 5.73 Å². The molecule has 0 aliphatic heterocycles. The molecule has 0 aliphatic rings. The Balaban J connectivity index is 2.76. The van der Waals surface area contributed by atoms with Gasteiger partial charge in [-0.1, -0.05) is 6.92 Å². The van der Waals surface area contributed by atoms with Crippen LogP contribution in [0.5, 0.6) is 0 Å². The fraction of sp³-hybridized carbons (Fsp3) is 0.667. The van der Waals surface area contributed by atoms with Crippen LogP contribution in [0.25, 0.3) is 11.2 Å². The fourth-order valence-corrected chi connectivity index (χ4v) is 2.69. The van der Waals surface area contributed by atoms with Crippen LogP contribution in [-0.2, 0) is 13.6 Å². The highest BCUT2D eigenvalue weighted by molar-refractivity contribution is 5.71.